The molecule has 0 fully saturated rings. The van der Waals surface area contributed by atoms with Gasteiger partial charge in [0, 0.05) is 13.1 Å². The van der Waals surface area contributed by atoms with Crippen LogP contribution in [0.4, 0.5) is 0 Å². The summed E-state index contributed by atoms with van der Waals surface area (Å²) in [4.78, 5) is 15.8. The maximum Gasteiger partial charge on any atom is 0.286 e. The molecule has 0 saturated carbocycles. The Balaban J connectivity index is 1.86. The highest BCUT2D eigenvalue weighted by atomic mass is 16.5. The van der Waals surface area contributed by atoms with E-state index in [0.29, 0.717) is 30.4 Å². The summed E-state index contributed by atoms with van der Waals surface area (Å²) in [5.41, 5.74) is 1.07. The monoisotopic (exact) mass is 277 g/mol. The summed E-state index contributed by atoms with van der Waals surface area (Å²) in [7, 11) is 3.21. The van der Waals surface area contributed by atoms with E-state index in [9.17, 15) is 4.79 Å². The Bertz CT molecular complexity index is 514. The van der Waals surface area contributed by atoms with Gasteiger partial charge in [0.1, 0.15) is 0 Å². The van der Waals surface area contributed by atoms with E-state index in [-0.39, 0.29) is 5.91 Å². The van der Waals surface area contributed by atoms with Crippen molar-refractivity contribution in [3.63, 3.8) is 0 Å². The molecule has 0 atom stereocenters. The van der Waals surface area contributed by atoms with Crippen molar-refractivity contribution in [3.8, 4) is 11.5 Å². The van der Waals surface area contributed by atoms with Gasteiger partial charge in [-0.25, -0.2) is 0 Å². The fraction of sp³-hybridized carbons (Fsp3) is 0.429. The Morgan fingerprint density at radius 1 is 1.35 bits per heavy atom. The SMILES string of the molecule is COc1ccc(CCNC(=O)C2=NCCN2)cc1OC. The Hall–Kier alpha value is -2.24. The van der Waals surface area contributed by atoms with Gasteiger partial charge in [-0.2, -0.15) is 0 Å². The molecular weight excluding hydrogens is 258 g/mol. The first-order valence-corrected chi connectivity index (χ1v) is 6.52. The summed E-state index contributed by atoms with van der Waals surface area (Å²) in [6.07, 6.45) is 0.722. The normalized spacial score (nSPS) is 13.4. The van der Waals surface area contributed by atoms with Crippen LogP contribution in [0.5, 0.6) is 11.5 Å². The predicted octanol–water partition coefficient (Wildman–Crippen LogP) is 0.364. The third kappa shape index (κ3) is 3.40. The molecule has 6 heteroatoms. The molecule has 20 heavy (non-hydrogen) atoms. The first kappa shape index (κ1) is 14.2. The highest BCUT2D eigenvalue weighted by Crippen LogP contribution is 2.27. The average Bonchev–Trinajstić information content (AvgIpc) is 3.01. The molecule has 0 aliphatic carbocycles. The highest BCUT2D eigenvalue weighted by molar-refractivity contribution is 6.38. The lowest BCUT2D eigenvalue weighted by atomic mass is 10.1. The Kier molecular flexibility index (Phi) is 4.81. The largest absolute Gasteiger partial charge is 0.493 e. The van der Waals surface area contributed by atoms with Crippen molar-refractivity contribution in [1.29, 1.82) is 0 Å². The van der Waals surface area contributed by atoms with Gasteiger partial charge in [0.05, 0.1) is 20.8 Å². The number of hydrogen-bond donors (Lipinski definition) is 2. The average molecular weight is 277 g/mol. The van der Waals surface area contributed by atoms with Gasteiger partial charge in [0.25, 0.3) is 5.91 Å². The van der Waals surface area contributed by atoms with Gasteiger partial charge >= 0.3 is 0 Å². The number of hydrogen-bond acceptors (Lipinski definition) is 5. The lowest BCUT2D eigenvalue weighted by Crippen LogP contribution is -2.38. The van der Waals surface area contributed by atoms with E-state index in [1.54, 1.807) is 14.2 Å². The number of carbonyl (C=O) groups excluding carboxylic acids is 1. The Morgan fingerprint density at radius 2 is 2.15 bits per heavy atom. The van der Waals surface area contributed by atoms with Crippen molar-refractivity contribution in [1.82, 2.24) is 10.6 Å². The van der Waals surface area contributed by atoms with E-state index in [1.807, 2.05) is 18.2 Å². The van der Waals surface area contributed by atoms with E-state index in [1.165, 1.54) is 0 Å². The van der Waals surface area contributed by atoms with Gasteiger partial charge in [0.15, 0.2) is 17.3 Å². The van der Waals surface area contributed by atoms with E-state index in [2.05, 4.69) is 15.6 Å². The molecule has 108 valence electrons. The minimum absolute atomic E-state index is 0.150. The Morgan fingerprint density at radius 3 is 2.80 bits per heavy atom. The van der Waals surface area contributed by atoms with Crippen molar-refractivity contribution < 1.29 is 14.3 Å². The third-order valence-electron chi connectivity index (χ3n) is 3.04. The van der Waals surface area contributed by atoms with Crippen LogP contribution in [0.3, 0.4) is 0 Å². The van der Waals surface area contributed by atoms with Crippen molar-refractivity contribution in [2.75, 3.05) is 33.9 Å². The molecule has 0 unspecified atom stereocenters. The number of nitrogens with zero attached hydrogens (tertiary/aromatic N) is 1. The van der Waals surface area contributed by atoms with Crippen LogP contribution < -0.4 is 20.1 Å². The van der Waals surface area contributed by atoms with Gasteiger partial charge in [0.2, 0.25) is 0 Å². The summed E-state index contributed by atoms with van der Waals surface area (Å²) in [5.74, 6) is 1.67. The van der Waals surface area contributed by atoms with Crippen LogP contribution in [0.25, 0.3) is 0 Å². The fourth-order valence-corrected chi connectivity index (χ4v) is 1.99. The number of amides is 1. The van der Waals surface area contributed by atoms with Gasteiger partial charge in [-0.1, -0.05) is 6.07 Å². The minimum Gasteiger partial charge on any atom is -0.493 e. The topological polar surface area (TPSA) is 72.0 Å². The zero-order valence-electron chi connectivity index (χ0n) is 11.7. The lowest BCUT2D eigenvalue weighted by molar-refractivity contribution is -0.114. The number of ether oxygens (including phenoxy) is 2. The molecule has 1 aliphatic heterocycles. The van der Waals surface area contributed by atoms with Crippen LogP contribution in [0.2, 0.25) is 0 Å². The van der Waals surface area contributed by atoms with Crippen LogP contribution in [0.15, 0.2) is 23.2 Å². The summed E-state index contributed by atoms with van der Waals surface area (Å²) < 4.78 is 10.4. The molecule has 2 rings (SSSR count). The molecule has 1 aliphatic rings. The molecule has 1 aromatic rings. The summed E-state index contributed by atoms with van der Waals surface area (Å²) in [6.45, 7) is 1.95. The quantitative estimate of drug-likeness (QED) is 0.788. The fourth-order valence-electron chi connectivity index (χ4n) is 1.99. The molecule has 6 nitrogen and oxygen atoms in total. The zero-order chi connectivity index (χ0) is 14.4. The molecule has 0 radical (unpaired) electrons. The van der Waals surface area contributed by atoms with Crippen molar-refractivity contribution >= 4 is 11.7 Å². The molecule has 1 heterocycles. The van der Waals surface area contributed by atoms with Crippen LogP contribution in [-0.2, 0) is 11.2 Å². The third-order valence-corrected chi connectivity index (χ3v) is 3.04. The second kappa shape index (κ2) is 6.79. The van der Waals surface area contributed by atoms with E-state index < -0.39 is 0 Å². The van der Waals surface area contributed by atoms with Gasteiger partial charge in [-0.05, 0) is 24.1 Å². The number of methoxy groups -OCH3 is 2. The second-order valence-corrected chi connectivity index (χ2v) is 4.35. The molecule has 2 N–H and O–H groups in total. The smallest absolute Gasteiger partial charge is 0.286 e. The zero-order valence-corrected chi connectivity index (χ0v) is 11.7. The van der Waals surface area contributed by atoms with E-state index in [4.69, 9.17) is 9.47 Å². The Labute approximate surface area is 118 Å². The van der Waals surface area contributed by atoms with E-state index >= 15 is 0 Å². The molecule has 0 spiro atoms. The highest BCUT2D eigenvalue weighted by Gasteiger charge is 2.13. The van der Waals surface area contributed by atoms with Gasteiger partial charge in [-0.15, -0.1) is 0 Å². The molecule has 1 aromatic carbocycles. The first-order valence-electron chi connectivity index (χ1n) is 6.52. The first-order chi connectivity index (χ1) is 9.74. The van der Waals surface area contributed by atoms with Crippen LogP contribution in [0, 0.1) is 0 Å². The summed E-state index contributed by atoms with van der Waals surface area (Å²) >= 11 is 0. The molecule has 0 saturated heterocycles. The van der Waals surface area contributed by atoms with Crippen molar-refractivity contribution in [3.05, 3.63) is 23.8 Å². The molecule has 0 aromatic heterocycles. The standard InChI is InChI=1S/C14H19N3O3/c1-19-11-4-3-10(9-12(11)20-2)5-6-17-14(18)13-15-7-8-16-13/h3-4,9H,5-8H2,1-2H3,(H,15,16)(H,17,18). The molecule has 1 amide bonds. The maximum absolute atomic E-state index is 11.7. The number of rotatable bonds is 6. The summed E-state index contributed by atoms with van der Waals surface area (Å²) in [5, 5.41) is 5.77. The van der Waals surface area contributed by atoms with Crippen molar-refractivity contribution in [2.45, 2.75) is 6.42 Å². The minimum atomic E-state index is -0.150. The van der Waals surface area contributed by atoms with Gasteiger partial charge < -0.3 is 20.1 Å². The maximum atomic E-state index is 11.7. The van der Waals surface area contributed by atoms with Crippen LogP contribution in [0.1, 0.15) is 5.56 Å². The predicted molar refractivity (Wildman–Crippen MR) is 76.6 cm³/mol. The van der Waals surface area contributed by atoms with Gasteiger partial charge in [-0.3, -0.25) is 9.79 Å². The van der Waals surface area contributed by atoms with E-state index in [0.717, 1.165) is 18.5 Å². The van der Waals surface area contributed by atoms with Crippen molar-refractivity contribution in [2.24, 2.45) is 4.99 Å². The number of benzene rings is 1. The molecular formula is C14H19N3O3. The number of nitrogens with one attached hydrogen (secondary N) is 2. The van der Waals surface area contributed by atoms with Crippen LogP contribution >= 0.6 is 0 Å². The van der Waals surface area contributed by atoms with Crippen LogP contribution in [-0.4, -0.2) is 45.6 Å². The number of amidine groups is 1. The molecule has 0 bridgehead atoms. The second-order valence-electron chi connectivity index (χ2n) is 4.35. The number of aliphatic imine (C=N–C) groups is 1. The summed E-state index contributed by atoms with van der Waals surface area (Å²) in [6, 6.07) is 5.73. The number of carbonyl (C=O) groups is 1. The lowest BCUT2D eigenvalue weighted by Gasteiger charge is -2.10.